The maximum Gasteiger partial charge on any atom is 0.251 e. The van der Waals surface area contributed by atoms with E-state index in [0.29, 0.717) is 12.1 Å². The summed E-state index contributed by atoms with van der Waals surface area (Å²) in [6.07, 6.45) is 7.51. The van der Waals surface area contributed by atoms with E-state index in [-0.39, 0.29) is 5.91 Å². The molecule has 1 heterocycles. The van der Waals surface area contributed by atoms with Gasteiger partial charge in [-0.1, -0.05) is 60.7 Å². The molecule has 0 saturated carbocycles. The van der Waals surface area contributed by atoms with E-state index in [1.165, 1.54) is 53.5 Å². The lowest BCUT2D eigenvalue weighted by molar-refractivity contribution is 0.0951. The summed E-state index contributed by atoms with van der Waals surface area (Å²) in [7, 11) is 0. The molecule has 0 bridgehead atoms. The number of fused-ring (bicyclic) bond motifs is 1. The Morgan fingerprint density at radius 2 is 1.66 bits per heavy atom. The average Bonchev–Trinajstić information content (AvgIpc) is 3.25. The van der Waals surface area contributed by atoms with Crippen molar-refractivity contribution in [1.29, 1.82) is 0 Å². The molecular weight excluding hydrogens is 392 g/mol. The quantitative estimate of drug-likeness (QED) is 0.521. The van der Waals surface area contributed by atoms with Gasteiger partial charge < -0.3 is 5.32 Å². The highest BCUT2D eigenvalue weighted by Gasteiger charge is 2.20. The molecule has 0 radical (unpaired) electrons. The average molecular weight is 423 g/mol. The number of rotatable bonds is 6. The van der Waals surface area contributed by atoms with E-state index in [0.717, 1.165) is 25.2 Å². The zero-order valence-corrected chi connectivity index (χ0v) is 18.5. The molecule has 3 heteroatoms. The summed E-state index contributed by atoms with van der Waals surface area (Å²) in [6, 6.07) is 25.1. The van der Waals surface area contributed by atoms with Gasteiger partial charge in [-0.25, -0.2) is 0 Å². The molecule has 3 nitrogen and oxygen atoms in total. The molecule has 0 aromatic heterocycles. The summed E-state index contributed by atoms with van der Waals surface area (Å²) in [4.78, 5) is 14.9. The van der Waals surface area contributed by atoms with E-state index in [4.69, 9.17) is 0 Å². The van der Waals surface area contributed by atoms with Crippen LogP contribution in [0, 0.1) is 0 Å². The van der Waals surface area contributed by atoms with Crippen LogP contribution in [0.2, 0.25) is 0 Å². The molecule has 0 unspecified atom stereocenters. The normalized spacial score (nSPS) is 15.8. The zero-order chi connectivity index (χ0) is 21.8. The van der Waals surface area contributed by atoms with E-state index in [9.17, 15) is 4.79 Å². The number of nitrogens with zero attached hydrogens (tertiary/aromatic N) is 1. The lowest BCUT2D eigenvalue weighted by atomic mass is 9.92. The van der Waals surface area contributed by atoms with E-state index in [2.05, 4.69) is 46.6 Å². The van der Waals surface area contributed by atoms with Crippen LogP contribution in [0.4, 0.5) is 0 Å². The van der Waals surface area contributed by atoms with Crippen molar-refractivity contribution in [3.63, 3.8) is 0 Å². The van der Waals surface area contributed by atoms with Crippen LogP contribution in [0.15, 0.2) is 78.9 Å². The fraction of sp³-hybridized carbons (Fsp3) is 0.276. The Morgan fingerprint density at radius 1 is 0.844 bits per heavy atom. The van der Waals surface area contributed by atoms with Crippen molar-refractivity contribution in [3.8, 4) is 0 Å². The van der Waals surface area contributed by atoms with Gasteiger partial charge in [-0.05, 0) is 77.3 Å². The molecule has 0 spiro atoms. The summed E-state index contributed by atoms with van der Waals surface area (Å²) in [6.45, 7) is 3.44. The van der Waals surface area contributed by atoms with Crippen molar-refractivity contribution < 1.29 is 4.79 Å². The predicted octanol–water partition coefficient (Wildman–Crippen LogP) is 6.09. The molecule has 3 aromatic rings. The number of carbonyl (C=O) groups excluding carboxylic acids is 1. The Labute approximate surface area is 190 Å². The summed E-state index contributed by atoms with van der Waals surface area (Å²) in [5, 5.41) is 3.00. The Kier molecular flexibility index (Phi) is 6.17. The van der Waals surface area contributed by atoms with Gasteiger partial charge in [0.05, 0.1) is 0 Å². The Balaban J connectivity index is 1.17. The monoisotopic (exact) mass is 422 g/mol. The molecule has 2 aliphatic rings. The maximum atomic E-state index is 12.5. The second-order valence-electron chi connectivity index (χ2n) is 8.97. The van der Waals surface area contributed by atoms with Crippen LogP contribution in [0.5, 0.6) is 0 Å². The number of carbonyl (C=O) groups is 1. The van der Waals surface area contributed by atoms with E-state index in [1.54, 1.807) is 0 Å². The molecule has 1 aliphatic carbocycles. The minimum absolute atomic E-state index is 0.0291. The van der Waals surface area contributed by atoms with Crippen molar-refractivity contribution in [2.45, 2.75) is 51.9 Å². The van der Waals surface area contributed by atoms with Gasteiger partial charge in [-0.3, -0.25) is 9.69 Å². The molecule has 0 saturated heterocycles. The van der Waals surface area contributed by atoms with Gasteiger partial charge in [0.2, 0.25) is 0 Å². The van der Waals surface area contributed by atoms with Crippen LogP contribution >= 0.6 is 0 Å². The molecule has 1 aliphatic heterocycles. The second-order valence-corrected chi connectivity index (χ2v) is 8.97. The van der Waals surface area contributed by atoms with Crippen LogP contribution in [-0.4, -0.2) is 10.8 Å². The highest BCUT2D eigenvalue weighted by atomic mass is 16.1. The van der Waals surface area contributed by atoms with Crippen LogP contribution in [0.3, 0.4) is 0 Å². The number of hydrogen-bond donors (Lipinski definition) is 1. The SMILES string of the molecule is O=C(NCc1ccccc1)c1ccc(CN2Cc3ccc(C4=CCCCC4)cc3C2)cc1. The standard InChI is InChI=1S/C29H30N2O/c32-29(30-18-22-7-3-1-4-8-22)25-13-11-23(12-14-25)19-31-20-27-16-15-26(17-28(27)21-31)24-9-5-2-6-10-24/h1,3-4,7-9,11-17H,2,5-6,10,18-21H2,(H,30,32). The fourth-order valence-electron chi connectivity index (χ4n) is 4.78. The number of nitrogens with one attached hydrogen (secondary N) is 1. The maximum absolute atomic E-state index is 12.5. The molecule has 0 fully saturated rings. The number of hydrogen-bond acceptors (Lipinski definition) is 2. The first-order valence-electron chi connectivity index (χ1n) is 11.7. The molecule has 1 amide bonds. The first-order chi connectivity index (χ1) is 15.7. The summed E-state index contributed by atoms with van der Waals surface area (Å²) in [5.74, 6) is -0.0291. The summed E-state index contributed by atoms with van der Waals surface area (Å²) in [5.41, 5.74) is 8.91. The van der Waals surface area contributed by atoms with Crippen LogP contribution < -0.4 is 5.32 Å². The Hall–Kier alpha value is -3.17. The van der Waals surface area contributed by atoms with Gasteiger partial charge in [-0.15, -0.1) is 0 Å². The molecule has 0 atom stereocenters. The molecule has 5 rings (SSSR count). The minimum Gasteiger partial charge on any atom is -0.348 e. The third-order valence-corrected chi connectivity index (χ3v) is 6.57. The van der Waals surface area contributed by atoms with Gasteiger partial charge in [0.1, 0.15) is 0 Å². The van der Waals surface area contributed by atoms with E-state index in [1.807, 2.05) is 42.5 Å². The predicted molar refractivity (Wildman–Crippen MR) is 130 cm³/mol. The van der Waals surface area contributed by atoms with E-state index < -0.39 is 0 Å². The summed E-state index contributed by atoms with van der Waals surface area (Å²) >= 11 is 0. The minimum atomic E-state index is -0.0291. The lowest BCUT2D eigenvalue weighted by Gasteiger charge is -2.15. The van der Waals surface area contributed by atoms with Crippen molar-refractivity contribution in [2.24, 2.45) is 0 Å². The first-order valence-corrected chi connectivity index (χ1v) is 11.7. The van der Waals surface area contributed by atoms with Crippen LogP contribution in [0.25, 0.3) is 5.57 Å². The third-order valence-electron chi connectivity index (χ3n) is 6.57. The van der Waals surface area contributed by atoms with Crippen LogP contribution in [0.1, 0.15) is 63.9 Å². The number of benzene rings is 3. The van der Waals surface area contributed by atoms with Crippen molar-refractivity contribution >= 4 is 11.5 Å². The molecular formula is C29H30N2O. The Morgan fingerprint density at radius 3 is 2.44 bits per heavy atom. The topological polar surface area (TPSA) is 32.3 Å². The van der Waals surface area contributed by atoms with Crippen molar-refractivity contribution in [2.75, 3.05) is 0 Å². The highest BCUT2D eigenvalue weighted by Crippen LogP contribution is 2.31. The zero-order valence-electron chi connectivity index (χ0n) is 18.5. The van der Waals surface area contributed by atoms with Gasteiger partial charge in [0.25, 0.3) is 5.91 Å². The molecule has 32 heavy (non-hydrogen) atoms. The van der Waals surface area contributed by atoms with Gasteiger partial charge in [0.15, 0.2) is 0 Å². The molecule has 1 N–H and O–H groups in total. The fourth-order valence-corrected chi connectivity index (χ4v) is 4.78. The van der Waals surface area contributed by atoms with Gasteiger partial charge >= 0.3 is 0 Å². The first kappa shape index (κ1) is 20.7. The van der Waals surface area contributed by atoms with E-state index >= 15 is 0 Å². The number of allylic oxidation sites excluding steroid dienone is 2. The third kappa shape index (κ3) is 4.84. The van der Waals surface area contributed by atoms with Gasteiger partial charge in [-0.2, -0.15) is 0 Å². The second kappa shape index (κ2) is 9.54. The highest BCUT2D eigenvalue weighted by molar-refractivity contribution is 5.94. The lowest BCUT2D eigenvalue weighted by Crippen LogP contribution is -2.22. The van der Waals surface area contributed by atoms with Crippen molar-refractivity contribution in [1.82, 2.24) is 10.2 Å². The summed E-state index contributed by atoms with van der Waals surface area (Å²) < 4.78 is 0. The molecule has 162 valence electrons. The Bertz CT molecular complexity index is 1120. The van der Waals surface area contributed by atoms with Crippen molar-refractivity contribution in [3.05, 3.63) is 112 Å². The number of amides is 1. The smallest absolute Gasteiger partial charge is 0.251 e. The van der Waals surface area contributed by atoms with Gasteiger partial charge in [0, 0.05) is 31.7 Å². The van der Waals surface area contributed by atoms with Crippen LogP contribution in [-0.2, 0) is 26.2 Å². The molecule has 3 aromatic carbocycles. The largest absolute Gasteiger partial charge is 0.348 e.